The van der Waals surface area contributed by atoms with Crippen LogP contribution in [0.2, 0.25) is 0 Å². The quantitative estimate of drug-likeness (QED) is 0.779. The van der Waals surface area contributed by atoms with E-state index in [0.29, 0.717) is 25.4 Å². The molecule has 0 bridgehead atoms. The number of aryl methyl sites for hydroxylation is 1. The first-order valence-electron chi connectivity index (χ1n) is 11.2. The van der Waals surface area contributed by atoms with Gasteiger partial charge in [-0.2, -0.15) is 0 Å². The Bertz CT molecular complexity index is 856. The Morgan fingerprint density at radius 1 is 1.00 bits per heavy atom. The van der Waals surface area contributed by atoms with E-state index in [1.54, 1.807) is 6.26 Å². The first-order chi connectivity index (χ1) is 14.2. The molecule has 4 rings (SSSR count). The van der Waals surface area contributed by atoms with E-state index in [4.69, 9.17) is 4.42 Å². The van der Waals surface area contributed by atoms with Crippen LogP contribution in [0.5, 0.6) is 0 Å². The summed E-state index contributed by atoms with van der Waals surface area (Å²) in [5.74, 6) is 0.527. The predicted octanol–water partition coefficient (Wildman–Crippen LogP) is 4.18. The van der Waals surface area contributed by atoms with Crippen LogP contribution in [0, 0.1) is 5.92 Å². The standard InChI is InChI=1S/C24H32N2O3/c1-2-18-7-8-21-20(17-29-22(21)15-18)16-23(27)25-13-9-19(10-14-25)24(28)26-11-5-3-4-6-12-26/h7-8,15,17,19H,2-6,9-14,16H2,1H3. The van der Waals surface area contributed by atoms with Gasteiger partial charge >= 0.3 is 0 Å². The number of furan rings is 1. The molecule has 2 aromatic rings. The molecule has 0 atom stereocenters. The Morgan fingerprint density at radius 2 is 1.72 bits per heavy atom. The number of carbonyl (C=O) groups is 2. The fourth-order valence-electron chi connectivity index (χ4n) is 4.68. The first-order valence-corrected chi connectivity index (χ1v) is 11.2. The zero-order valence-corrected chi connectivity index (χ0v) is 17.5. The minimum absolute atomic E-state index is 0.0828. The van der Waals surface area contributed by atoms with Crippen molar-refractivity contribution in [3.05, 3.63) is 35.6 Å². The van der Waals surface area contributed by atoms with E-state index in [1.807, 2.05) is 4.90 Å². The van der Waals surface area contributed by atoms with Crippen LogP contribution in [0.1, 0.15) is 56.6 Å². The van der Waals surface area contributed by atoms with Crippen LogP contribution in [0.4, 0.5) is 0 Å². The lowest BCUT2D eigenvalue weighted by Crippen LogP contribution is -2.45. The van der Waals surface area contributed by atoms with Gasteiger partial charge in [0, 0.05) is 43.0 Å². The van der Waals surface area contributed by atoms with E-state index in [1.165, 1.54) is 18.4 Å². The summed E-state index contributed by atoms with van der Waals surface area (Å²) in [7, 11) is 0. The number of benzene rings is 1. The molecule has 2 amide bonds. The summed E-state index contributed by atoms with van der Waals surface area (Å²) in [4.78, 5) is 29.7. The van der Waals surface area contributed by atoms with E-state index in [0.717, 1.165) is 61.7 Å². The van der Waals surface area contributed by atoms with Crippen molar-refractivity contribution in [3.8, 4) is 0 Å². The molecule has 29 heavy (non-hydrogen) atoms. The molecule has 5 nitrogen and oxygen atoms in total. The molecule has 0 saturated carbocycles. The molecule has 1 aromatic heterocycles. The highest BCUT2D eigenvalue weighted by Gasteiger charge is 2.30. The number of rotatable bonds is 4. The molecule has 3 heterocycles. The Morgan fingerprint density at radius 3 is 2.41 bits per heavy atom. The molecule has 156 valence electrons. The van der Waals surface area contributed by atoms with Crippen LogP contribution in [-0.4, -0.2) is 47.8 Å². The molecule has 2 fully saturated rings. The van der Waals surface area contributed by atoms with Crippen molar-refractivity contribution < 1.29 is 14.0 Å². The van der Waals surface area contributed by atoms with Gasteiger partial charge in [-0.3, -0.25) is 9.59 Å². The lowest BCUT2D eigenvalue weighted by molar-refractivity contribution is -0.140. The van der Waals surface area contributed by atoms with Gasteiger partial charge in [-0.25, -0.2) is 0 Å². The Hall–Kier alpha value is -2.30. The van der Waals surface area contributed by atoms with Crippen molar-refractivity contribution in [1.82, 2.24) is 9.80 Å². The number of piperidine rings is 1. The number of hydrogen-bond acceptors (Lipinski definition) is 3. The maximum absolute atomic E-state index is 12.8. The lowest BCUT2D eigenvalue weighted by atomic mass is 9.94. The number of hydrogen-bond donors (Lipinski definition) is 0. The zero-order chi connectivity index (χ0) is 20.2. The normalized spacial score (nSPS) is 18.8. The highest BCUT2D eigenvalue weighted by atomic mass is 16.3. The molecule has 0 radical (unpaired) electrons. The summed E-state index contributed by atoms with van der Waals surface area (Å²) in [5.41, 5.74) is 3.05. The van der Waals surface area contributed by atoms with Gasteiger partial charge < -0.3 is 14.2 Å². The smallest absolute Gasteiger partial charge is 0.227 e. The highest BCUT2D eigenvalue weighted by molar-refractivity contribution is 5.88. The van der Waals surface area contributed by atoms with Crippen molar-refractivity contribution in [2.45, 2.75) is 58.3 Å². The van der Waals surface area contributed by atoms with Crippen molar-refractivity contribution in [1.29, 1.82) is 0 Å². The monoisotopic (exact) mass is 396 g/mol. The van der Waals surface area contributed by atoms with Crippen LogP contribution in [0.25, 0.3) is 11.0 Å². The summed E-state index contributed by atoms with van der Waals surface area (Å²) in [6.45, 7) is 5.30. The number of carbonyl (C=O) groups excluding carboxylic acids is 2. The summed E-state index contributed by atoms with van der Waals surface area (Å²) in [5, 5.41) is 1.03. The number of fused-ring (bicyclic) bond motifs is 1. The Kier molecular flexibility index (Phi) is 6.22. The zero-order valence-electron chi connectivity index (χ0n) is 17.5. The average molecular weight is 397 g/mol. The second-order valence-electron chi connectivity index (χ2n) is 8.52. The molecule has 5 heteroatoms. The Balaban J connectivity index is 1.33. The van der Waals surface area contributed by atoms with Crippen molar-refractivity contribution in [2.75, 3.05) is 26.2 Å². The third-order valence-corrected chi connectivity index (χ3v) is 6.58. The number of likely N-dealkylation sites (tertiary alicyclic amines) is 2. The topological polar surface area (TPSA) is 53.8 Å². The predicted molar refractivity (Wildman–Crippen MR) is 114 cm³/mol. The molecule has 1 aromatic carbocycles. The van der Waals surface area contributed by atoms with Gasteiger partial charge in [0.1, 0.15) is 5.58 Å². The molecule has 2 saturated heterocycles. The van der Waals surface area contributed by atoms with Crippen LogP contribution in [0.15, 0.2) is 28.9 Å². The van der Waals surface area contributed by atoms with Gasteiger partial charge in [-0.15, -0.1) is 0 Å². The van der Waals surface area contributed by atoms with Crippen LogP contribution >= 0.6 is 0 Å². The average Bonchev–Trinajstić information content (AvgIpc) is 2.96. The van der Waals surface area contributed by atoms with Gasteiger partial charge in [0.2, 0.25) is 11.8 Å². The maximum atomic E-state index is 12.8. The molecule has 0 unspecified atom stereocenters. The maximum Gasteiger partial charge on any atom is 0.227 e. The highest BCUT2D eigenvalue weighted by Crippen LogP contribution is 2.26. The summed E-state index contributed by atoms with van der Waals surface area (Å²) < 4.78 is 5.68. The largest absolute Gasteiger partial charge is 0.464 e. The third kappa shape index (κ3) is 4.49. The summed E-state index contributed by atoms with van der Waals surface area (Å²) in [6.07, 6.45) is 9.35. The lowest BCUT2D eigenvalue weighted by Gasteiger charge is -2.34. The van der Waals surface area contributed by atoms with Gasteiger partial charge in [0.05, 0.1) is 12.7 Å². The minimum Gasteiger partial charge on any atom is -0.464 e. The summed E-state index contributed by atoms with van der Waals surface area (Å²) >= 11 is 0. The van der Waals surface area contributed by atoms with Gasteiger partial charge in [-0.05, 0) is 43.7 Å². The first kappa shape index (κ1) is 20.0. The van der Waals surface area contributed by atoms with Gasteiger partial charge in [0.15, 0.2) is 0 Å². The van der Waals surface area contributed by atoms with Gasteiger partial charge in [0.25, 0.3) is 0 Å². The number of nitrogens with zero attached hydrogens (tertiary/aromatic N) is 2. The molecular formula is C24H32N2O3. The third-order valence-electron chi connectivity index (χ3n) is 6.58. The molecule has 0 aliphatic carbocycles. The second-order valence-corrected chi connectivity index (χ2v) is 8.52. The minimum atomic E-state index is 0.0828. The van der Waals surface area contributed by atoms with Gasteiger partial charge in [-0.1, -0.05) is 31.9 Å². The molecule has 0 spiro atoms. The van der Waals surface area contributed by atoms with E-state index < -0.39 is 0 Å². The number of amides is 2. The SMILES string of the molecule is CCc1ccc2c(CC(=O)N3CCC(C(=O)N4CCCCCC4)CC3)coc2c1. The fourth-order valence-corrected chi connectivity index (χ4v) is 4.68. The van der Waals surface area contributed by atoms with Crippen molar-refractivity contribution in [2.24, 2.45) is 5.92 Å². The van der Waals surface area contributed by atoms with E-state index >= 15 is 0 Å². The molecule has 2 aliphatic rings. The molecular weight excluding hydrogens is 364 g/mol. The van der Waals surface area contributed by atoms with E-state index in [9.17, 15) is 9.59 Å². The van der Waals surface area contributed by atoms with Crippen molar-refractivity contribution >= 4 is 22.8 Å². The molecule has 0 N–H and O–H groups in total. The van der Waals surface area contributed by atoms with E-state index in [2.05, 4.69) is 30.0 Å². The summed E-state index contributed by atoms with van der Waals surface area (Å²) in [6, 6.07) is 6.22. The Labute approximate surface area is 173 Å². The van der Waals surface area contributed by atoms with Crippen LogP contribution in [-0.2, 0) is 22.4 Å². The fraction of sp³-hybridized carbons (Fsp3) is 0.583. The molecule has 2 aliphatic heterocycles. The van der Waals surface area contributed by atoms with Crippen molar-refractivity contribution in [3.63, 3.8) is 0 Å². The van der Waals surface area contributed by atoms with Crippen LogP contribution in [0.3, 0.4) is 0 Å². The second kappa shape index (κ2) is 9.02. The van der Waals surface area contributed by atoms with Crippen LogP contribution < -0.4 is 0 Å². The van der Waals surface area contributed by atoms with E-state index in [-0.39, 0.29) is 11.8 Å².